The molecule has 3 rings (SSSR count). The molecule has 0 aliphatic carbocycles. The summed E-state index contributed by atoms with van der Waals surface area (Å²) in [5.41, 5.74) is 0.895. The van der Waals surface area contributed by atoms with E-state index in [-0.39, 0.29) is 11.8 Å². The van der Waals surface area contributed by atoms with Crippen molar-refractivity contribution in [3.05, 3.63) is 17.8 Å². The Bertz CT molecular complexity index is 554. The van der Waals surface area contributed by atoms with Gasteiger partial charge < -0.3 is 14.7 Å². The fourth-order valence-electron chi connectivity index (χ4n) is 3.25. The Morgan fingerprint density at radius 1 is 1.17 bits per heavy atom. The zero-order valence-corrected chi connectivity index (χ0v) is 13.5. The van der Waals surface area contributed by atoms with Crippen molar-refractivity contribution in [1.29, 1.82) is 0 Å². The Morgan fingerprint density at radius 2 is 1.96 bits per heavy atom. The third-order valence-electron chi connectivity index (χ3n) is 4.65. The summed E-state index contributed by atoms with van der Waals surface area (Å²) in [7, 11) is 0. The Balaban J connectivity index is 1.60. The lowest BCUT2D eigenvalue weighted by atomic mass is 9.96. The van der Waals surface area contributed by atoms with E-state index in [0.29, 0.717) is 32.7 Å². The van der Waals surface area contributed by atoms with Crippen LogP contribution in [0.2, 0.25) is 0 Å². The molecule has 7 nitrogen and oxygen atoms in total. The van der Waals surface area contributed by atoms with Crippen molar-refractivity contribution in [2.75, 3.05) is 44.2 Å². The van der Waals surface area contributed by atoms with Gasteiger partial charge in [-0.2, -0.15) is 5.10 Å². The normalized spacial score (nSPS) is 22.1. The van der Waals surface area contributed by atoms with Crippen molar-refractivity contribution in [2.45, 2.75) is 19.8 Å². The second-order valence-corrected chi connectivity index (χ2v) is 6.28. The van der Waals surface area contributed by atoms with Gasteiger partial charge in [0.05, 0.1) is 11.6 Å². The number of nitrogens with zero attached hydrogens (tertiary/aromatic N) is 5. The smallest absolute Gasteiger partial charge is 0.227 e. The molecule has 1 aromatic heterocycles. The minimum atomic E-state index is 0.00892. The van der Waals surface area contributed by atoms with Gasteiger partial charge in [-0.1, -0.05) is 0 Å². The molecule has 7 heteroatoms. The fraction of sp³-hybridized carbons (Fsp3) is 0.625. The van der Waals surface area contributed by atoms with Crippen LogP contribution in [0.25, 0.3) is 0 Å². The first-order chi connectivity index (χ1) is 11.2. The molecule has 0 radical (unpaired) electrons. The standard InChI is InChI=1S/C16H23N5O2/c1-13-4-5-15(18-17-13)21-6-2-3-14(11-21)16(23)20-9-7-19(12-22)8-10-20/h4-5,12,14H,2-3,6-11H2,1H3. The van der Waals surface area contributed by atoms with Crippen LogP contribution >= 0.6 is 0 Å². The zero-order valence-electron chi connectivity index (χ0n) is 13.5. The highest BCUT2D eigenvalue weighted by Crippen LogP contribution is 2.23. The molecule has 1 unspecified atom stereocenters. The summed E-state index contributed by atoms with van der Waals surface area (Å²) >= 11 is 0. The van der Waals surface area contributed by atoms with Crippen molar-refractivity contribution in [2.24, 2.45) is 5.92 Å². The van der Waals surface area contributed by atoms with Gasteiger partial charge in [-0.25, -0.2) is 0 Å². The number of piperazine rings is 1. The quantitative estimate of drug-likeness (QED) is 0.750. The number of carbonyl (C=O) groups excluding carboxylic acids is 2. The minimum absolute atomic E-state index is 0.00892. The summed E-state index contributed by atoms with van der Waals surface area (Å²) in [5, 5.41) is 8.34. The van der Waals surface area contributed by atoms with E-state index in [1.807, 2.05) is 24.0 Å². The van der Waals surface area contributed by atoms with Gasteiger partial charge in [-0.05, 0) is 31.9 Å². The molecular formula is C16H23N5O2. The second kappa shape index (κ2) is 6.93. The summed E-state index contributed by atoms with van der Waals surface area (Å²) < 4.78 is 0. The molecule has 0 spiro atoms. The van der Waals surface area contributed by atoms with E-state index in [4.69, 9.17) is 0 Å². The highest BCUT2D eigenvalue weighted by molar-refractivity contribution is 5.80. The van der Waals surface area contributed by atoms with Crippen molar-refractivity contribution < 1.29 is 9.59 Å². The number of piperidine rings is 1. The van der Waals surface area contributed by atoms with Crippen LogP contribution in [0.1, 0.15) is 18.5 Å². The monoisotopic (exact) mass is 317 g/mol. The SMILES string of the molecule is Cc1ccc(N2CCCC(C(=O)N3CCN(C=O)CC3)C2)nn1. The Labute approximate surface area is 136 Å². The fourth-order valence-corrected chi connectivity index (χ4v) is 3.25. The summed E-state index contributed by atoms with van der Waals surface area (Å²) in [6, 6.07) is 3.92. The van der Waals surface area contributed by atoms with E-state index < -0.39 is 0 Å². The van der Waals surface area contributed by atoms with Gasteiger partial charge in [0.1, 0.15) is 0 Å². The average Bonchev–Trinajstić information content (AvgIpc) is 2.62. The number of hydrogen-bond donors (Lipinski definition) is 0. The highest BCUT2D eigenvalue weighted by atomic mass is 16.2. The maximum absolute atomic E-state index is 12.7. The number of amides is 2. The van der Waals surface area contributed by atoms with Gasteiger partial charge in [0.2, 0.25) is 12.3 Å². The van der Waals surface area contributed by atoms with Crippen LogP contribution in [-0.2, 0) is 9.59 Å². The third-order valence-corrected chi connectivity index (χ3v) is 4.65. The highest BCUT2D eigenvalue weighted by Gasteiger charge is 2.31. The van der Waals surface area contributed by atoms with Gasteiger partial charge in [0.15, 0.2) is 5.82 Å². The topological polar surface area (TPSA) is 69.6 Å². The van der Waals surface area contributed by atoms with Crippen LogP contribution in [0.5, 0.6) is 0 Å². The van der Waals surface area contributed by atoms with Gasteiger partial charge in [0, 0.05) is 39.3 Å². The first-order valence-corrected chi connectivity index (χ1v) is 8.21. The molecule has 2 amide bonds. The van der Waals surface area contributed by atoms with Crippen molar-refractivity contribution in [1.82, 2.24) is 20.0 Å². The lowest BCUT2D eigenvalue weighted by Gasteiger charge is -2.38. The summed E-state index contributed by atoms with van der Waals surface area (Å²) in [6.07, 6.45) is 2.77. The van der Waals surface area contributed by atoms with Gasteiger partial charge in [-0.15, -0.1) is 5.10 Å². The largest absolute Gasteiger partial charge is 0.354 e. The van der Waals surface area contributed by atoms with Crippen LogP contribution in [0.15, 0.2) is 12.1 Å². The van der Waals surface area contributed by atoms with Gasteiger partial charge >= 0.3 is 0 Å². The van der Waals surface area contributed by atoms with Crippen molar-refractivity contribution in [3.63, 3.8) is 0 Å². The molecule has 2 aliphatic rings. The summed E-state index contributed by atoms with van der Waals surface area (Å²) in [4.78, 5) is 29.3. The third kappa shape index (κ3) is 3.60. The van der Waals surface area contributed by atoms with Crippen LogP contribution in [0.3, 0.4) is 0 Å². The molecule has 124 valence electrons. The molecule has 2 saturated heterocycles. The number of rotatable bonds is 3. The predicted molar refractivity (Wildman–Crippen MR) is 85.9 cm³/mol. The Morgan fingerprint density at radius 3 is 2.61 bits per heavy atom. The number of hydrogen-bond acceptors (Lipinski definition) is 5. The molecule has 23 heavy (non-hydrogen) atoms. The maximum atomic E-state index is 12.7. The number of aryl methyl sites for hydroxylation is 1. The molecule has 0 bridgehead atoms. The van der Waals surface area contributed by atoms with Gasteiger partial charge in [0.25, 0.3) is 0 Å². The van der Waals surface area contributed by atoms with Crippen molar-refractivity contribution in [3.8, 4) is 0 Å². The molecule has 2 fully saturated rings. The van der Waals surface area contributed by atoms with E-state index in [1.54, 1.807) is 4.90 Å². The molecule has 0 N–H and O–H groups in total. The molecular weight excluding hydrogens is 294 g/mol. The van der Waals surface area contributed by atoms with Crippen LogP contribution < -0.4 is 4.90 Å². The number of anilines is 1. The maximum Gasteiger partial charge on any atom is 0.227 e. The molecule has 1 atom stereocenters. The average molecular weight is 317 g/mol. The first kappa shape index (κ1) is 15.7. The zero-order chi connectivity index (χ0) is 16.2. The molecule has 0 saturated carbocycles. The van der Waals surface area contributed by atoms with E-state index in [1.165, 1.54) is 0 Å². The minimum Gasteiger partial charge on any atom is -0.354 e. The summed E-state index contributed by atoms with van der Waals surface area (Å²) in [5.74, 6) is 1.06. The predicted octanol–water partition coefficient (Wildman–Crippen LogP) is 0.302. The first-order valence-electron chi connectivity index (χ1n) is 8.21. The van der Waals surface area contributed by atoms with Gasteiger partial charge in [-0.3, -0.25) is 9.59 Å². The molecule has 3 heterocycles. The van der Waals surface area contributed by atoms with Crippen molar-refractivity contribution >= 4 is 18.1 Å². The van der Waals surface area contributed by atoms with Crippen LogP contribution in [-0.4, -0.2) is 71.6 Å². The Hall–Kier alpha value is -2.18. The molecule has 2 aliphatic heterocycles. The van der Waals surface area contributed by atoms with E-state index >= 15 is 0 Å². The Kier molecular flexibility index (Phi) is 4.73. The lowest BCUT2D eigenvalue weighted by Crippen LogP contribution is -2.52. The second-order valence-electron chi connectivity index (χ2n) is 6.28. The lowest BCUT2D eigenvalue weighted by molar-refractivity contribution is -0.139. The van der Waals surface area contributed by atoms with E-state index in [0.717, 1.165) is 37.3 Å². The van der Waals surface area contributed by atoms with Crippen LogP contribution in [0, 0.1) is 12.8 Å². The van der Waals surface area contributed by atoms with E-state index in [2.05, 4.69) is 15.1 Å². The van der Waals surface area contributed by atoms with Crippen LogP contribution in [0.4, 0.5) is 5.82 Å². The molecule has 1 aromatic rings. The van der Waals surface area contributed by atoms with E-state index in [9.17, 15) is 9.59 Å². The summed E-state index contributed by atoms with van der Waals surface area (Å²) in [6.45, 7) is 6.07. The molecule has 0 aromatic carbocycles. The number of carbonyl (C=O) groups is 2. The number of aromatic nitrogens is 2.